The van der Waals surface area contributed by atoms with E-state index in [1.807, 2.05) is 0 Å². The molecule has 18 heavy (non-hydrogen) atoms. The van der Waals surface area contributed by atoms with E-state index in [4.69, 9.17) is 4.74 Å². The van der Waals surface area contributed by atoms with Gasteiger partial charge in [-0.3, -0.25) is 0 Å². The largest absolute Gasteiger partial charge is 0.394 e. The molecule has 1 aromatic rings. The SMILES string of the molecule is CCc1ccc(C(CO)NC(CC)COC)cc1. The van der Waals surface area contributed by atoms with Crippen LogP contribution in [0.15, 0.2) is 24.3 Å². The molecule has 1 aromatic carbocycles. The van der Waals surface area contributed by atoms with Crippen LogP contribution < -0.4 is 5.32 Å². The average molecular weight is 251 g/mol. The Bertz CT molecular complexity index is 324. The van der Waals surface area contributed by atoms with E-state index < -0.39 is 0 Å². The van der Waals surface area contributed by atoms with Gasteiger partial charge in [0.1, 0.15) is 0 Å². The smallest absolute Gasteiger partial charge is 0.0626 e. The third-order valence-corrected chi connectivity index (χ3v) is 3.27. The number of hydrogen-bond acceptors (Lipinski definition) is 3. The average Bonchev–Trinajstić information content (AvgIpc) is 2.43. The first kappa shape index (κ1) is 15.2. The quantitative estimate of drug-likeness (QED) is 0.745. The molecule has 0 bridgehead atoms. The molecule has 1 rings (SSSR count). The first-order chi connectivity index (χ1) is 8.74. The summed E-state index contributed by atoms with van der Waals surface area (Å²) >= 11 is 0. The first-order valence-corrected chi connectivity index (χ1v) is 6.69. The lowest BCUT2D eigenvalue weighted by Gasteiger charge is -2.23. The van der Waals surface area contributed by atoms with Gasteiger partial charge in [0.15, 0.2) is 0 Å². The summed E-state index contributed by atoms with van der Waals surface area (Å²) in [5.74, 6) is 0. The van der Waals surface area contributed by atoms with Crippen molar-refractivity contribution >= 4 is 0 Å². The molecule has 0 aliphatic rings. The maximum Gasteiger partial charge on any atom is 0.0626 e. The van der Waals surface area contributed by atoms with Gasteiger partial charge in [-0.15, -0.1) is 0 Å². The Labute approximate surface area is 110 Å². The summed E-state index contributed by atoms with van der Waals surface area (Å²) in [6, 6.07) is 8.68. The third-order valence-electron chi connectivity index (χ3n) is 3.27. The van der Waals surface area contributed by atoms with Gasteiger partial charge in [-0.2, -0.15) is 0 Å². The molecule has 0 aliphatic carbocycles. The predicted octanol–water partition coefficient (Wildman–Crippen LogP) is 2.30. The van der Waals surface area contributed by atoms with Gasteiger partial charge in [-0.1, -0.05) is 38.1 Å². The minimum Gasteiger partial charge on any atom is -0.394 e. The van der Waals surface area contributed by atoms with E-state index in [1.165, 1.54) is 5.56 Å². The van der Waals surface area contributed by atoms with Gasteiger partial charge in [-0.25, -0.2) is 0 Å². The minimum atomic E-state index is -0.0176. The van der Waals surface area contributed by atoms with E-state index in [1.54, 1.807) is 7.11 Å². The third kappa shape index (κ3) is 4.41. The molecule has 3 heteroatoms. The number of hydrogen-bond donors (Lipinski definition) is 2. The van der Waals surface area contributed by atoms with Crippen LogP contribution in [0.2, 0.25) is 0 Å². The molecule has 3 nitrogen and oxygen atoms in total. The Morgan fingerprint density at radius 2 is 1.89 bits per heavy atom. The van der Waals surface area contributed by atoms with Gasteiger partial charge in [0, 0.05) is 13.2 Å². The number of methoxy groups -OCH3 is 1. The van der Waals surface area contributed by atoms with E-state index in [9.17, 15) is 5.11 Å². The van der Waals surface area contributed by atoms with E-state index in [-0.39, 0.29) is 18.7 Å². The number of benzene rings is 1. The highest BCUT2D eigenvalue weighted by molar-refractivity contribution is 5.25. The van der Waals surface area contributed by atoms with Gasteiger partial charge in [0.25, 0.3) is 0 Å². The molecule has 2 N–H and O–H groups in total. The number of aliphatic hydroxyl groups excluding tert-OH is 1. The molecular formula is C15H25NO2. The number of aryl methyl sites for hydroxylation is 1. The minimum absolute atomic E-state index is 0.0176. The molecule has 0 aromatic heterocycles. The summed E-state index contributed by atoms with van der Waals surface area (Å²) in [6.45, 7) is 5.03. The van der Waals surface area contributed by atoms with Gasteiger partial charge in [-0.05, 0) is 24.0 Å². The van der Waals surface area contributed by atoms with Crippen molar-refractivity contribution in [3.05, 3.63) is 35.4 Å². The lowest BCUT2D eigenvalue weighted by molar-refractivity contribution is 0.146. The van der Waals surface area contributed by atoms with Crippen LogP contribution in [-0.4, -0.2) is 31.5 Å². The van der Waals surface area contributed by atoms with Crippen molar-refractivity contribution in [2.75, 3.05) is 20.3 Å². The summed E-state index contributed by atoms with van der Waals surface area (Å²) in [5, 5.41) is 12.9. The number of aliphatic hydroxyl groups is 1. The summed E-state index contributed by atoms with van der Waals surface area (Å²) < 4.78 is 5.17. The summed E-state index contributed by atoms with van der Waals surface area (Å²) in [6.07, 6.45) is 2.02. The van der Waals surface area contributed by atoms with E-state index in [0.717, 1.165) is 18.4 Å². The van der Waals surface area contributed by atoms with Crippen LogP contribution in [-0.2, 0) is 11.2 Å². The van der Waals surface area contributed by atoms with Crippen molar-refractivity contribution in [2.24, 2.45) is 0 Å². The summed E-state index contributed by atoms with van der Waals surface area (Å²) in [4.78, 5) is 0. The van der Waals surface area contributed by atoms with E-state index >= 15 is 0 Å². The van der Waals surface area contributed by atoms with Crippen molar-refractivity contribution in [3.8, 4) is 0 Å². The highest BCUT2D eigenvalue weighted by atomic mass is 16.5. The van der Waals surface area contributed by atoms with Gasteiger partial charge in [0.2, 0.25) is 0 Å². The molecular weight excluding hydrogens is 226 g/mol. The fourth-order valence-corrected chi connectivity index (χ4v) is 2.01. The predicted molar refractivity (Wildman–Crippen MR) is 74.7 cm³/mol. The fraction of sp³-hybridized carbons (Fsp3) is 0.600. The van der Waals surface area contributed by atoms with Crippen molar-refractivity contribution in [1.82, 2.24) is 5.32 Å². The van der Waals surface area contributed by atoms with Crippen molar-refractivity contribution in [1.29, 1.82) is 0 Å². The van der Waals surface area contributed by atoms with Crippen LogP contribution in [0.4, 0.5) is 0 Å². The molecule has 102 valence electrons. The Balaban J connectivity index is 2.68. The lowest BCUT2D eigenvalue weighted by atomic mass is 10.0. The Morgan fingerprint density at radius 1 is 1.22 bits per heavy atom. The van der Waals surface area contributed by atoms with Gasteiger partial charge < -0.3 is 15.2 Å². The van der Waals surface area contributed by atoms with Gasteiger partial charge >= 0.3 is 0 Å². The molecule has 0 spiro atoms. The van der Waals surface area contributed by atoms with Crippen LogP contribution in [0, 0.1) is 0 Å². The van der Waals surface area contributed by atoms with Crippen molar-refractivity contribution in [3.63, 3.8) is 0 Å². The molecule has 2 atom stereocenters. The standard InChI is InChI=1S/C15H25NO2/c1-4-12-6-8-13(9-7-12)15(10-17)16-14(5-2)11-18-3/h6-9,14-17H,4-5,10-11H2,1-3H3. The van der Waals surface area contributed by atoms with E-state index in [0.29, 0.717) is 6.61 Å². The Morgan fingerprint density at radius 3 is 2.33 bits per heavy atom. The number of rotatable bonds is 8. The Hall–Kier alpha value is -0.900. The maximum atomic E-state index is 9.52. The first-order valence-electron chi connectivity index (χ1n) is 6.69. The highest BCUT2D eigenvalue weighted by Gasteiger charge is 2.14. The molecule has 0 saturated heterocycles. The molecule has 0 saturated carbocycles. The monoisotopic (exact) mass is 251 g/mol. The van der Waals surface area contributed by atoms with Crippen LogP contribution in [0.25, 0.3) is 0 Å². The summed E-state index contributed by atoms with van der Waals surface area (Å²) in [7, 11) is 1.70. The van der Waals surface area contributed by atoms with Crippen molar-refractivity contribution < 1.29 is 9.84 Å². The molecule has 0 amide bonds. The number of ether oxygens (including phenoxy) is 1. The molecule has 0 radical (unpaired) electrons. The highest BCUT2D eigenvalue weighted by Crippen LogP contribution is 2.15. The Kier molecular flexibility index (Phi) is 6.94. The van der Waals surface area contributed by atoms with Crippen LogP contribution >= 0.6 is 0 Å². The molecule has 0 fully saturated rings. The second-order valence-corrected chi connectivity index (χ2v) is 4.56. The molecule has 0 aliphatic heterocycles. The second kappa shape index (κ2) is 8.25. The number of nitrogens with one attached hydrogen (secondary N) is 1. The zero-order valence-corrected chi connectivity index (χ0v) is 11.6. The second-order valence-electron chi connectivity index (χ2n) is 4.56. The van der Waals surface area contributed by atoms with Crippen LogP contribution in [0.5, 0.6) is 0 Å². The van der Waals surface area contributed by atoms with Gasteiger partial charge in [0.05, 0.1) is 19.3 Å². The van der Waals surface area contributed by atoms with Crippen molar-refractivity contribution in [2.45, 2.75) is 38.8 Å². The zero-order chi connectivity index (χ0) is 13.4. The zero-order valence-electron chi connectivity index (χ0n) is 11.6. The van der Waals surface area contributed by atoms with Crippen LogP contribution in [0.1, 0.15) is 37.4 Å². The fourth-order valence-electron chi connectivity index (χ4n) is 2.01. The summed E-state index contributed by atoms with van der Waals surface area (Å²) in [5.41, 5.74) is 2.45. The lowest BCUT2D eigenvalue weighted by Crippen LogP contribution is -2.37. The topological polar surface area (TPSA) is 41.5 Å². The molecule has 0 heterocycles. The maximum absolute atomic E-state index is 9.52. The van der Waals surface area contributed by atoms with E-state index in [2.05, 4.69) is 43.4 Å². The molecule has 2 unspecified atom stereocenters. The normalized spacial score (nSPS) is 14.4. The van der Waals surface area contributed by atoms with Crippen LogP contribution in [0.3, 0.4) is 0 Å².